The fourth-order valence-electron chi connectivity index (χ4n) is 4.06. The molecule has 146 valence electrons. The normalized spacial score (nSPS) is 19.7. The number of rotatable bonds is 5. The van der Waals surface area contributed by atoms with Crippen LogP contribution in [0.1, 0.15) is 22.4 Å². The monoisotopic (exact) mass is 381 g/mol. The Morgan fingerprint density at radius 3 is 2.29 bits per heavy atom. The van der Waals surface area contributed by atoms with Gasteiger partial charge in [-0.3, -0.25) is 0 Å². The van der Waals surface area contributed by atoms with Gasteiger partial charge in [0, 0.05) is 16.7 Å². The zero-order chi connectivity index (χ0) is 19.5. The van der Waals surface area contributed by atoms with Crippen molar-refractivity contribution in [1.82, 2.24) is 5.16 Å². The summed E-state index contributed by atoms with van der Waals surface area (Å²) in [5.74, 6) is 0.509. The number of benzene rings is 2. The summed E-state index contributed by atoms with van der Waals surface area (Å²) >= 11 is 0. The lowest BCUT2D eigenvalue weighted by molar-refractivity contribution is -1.02. The molecule has 0 aliphatic carbocycles. The Morgan fingerprint density at radius 1 is 0.929 bits per heavy atom. The maximum atomic E-state index is 13.2. The van der Waals surface area contributed by atoms with E-state index in [2.05, 4.69) is 36.3 Å². The van der Waals surface area contributed by atoms with Crippen LogP contribution in [0.2, 0.25) is 0 Å². The molecule has 28 heavy (non-hydrogen) atoms. The minimum absolute atomic E-state index is 0.239. The van der Waals surface area contributed by atoms with E-state index in [9.17, 15) is 4.39 Å². The molecule has 2 aromatic carbocycles. The van der Waals surface area contributed by atoms with Gasteiger partial charge in [0.1, 0.15) is 50.8 Å². The van der Waals surface area contributed by atoms with E-state index in [1.165, 1.54) is 36.3 Å². The Bertz CT molecular complexity index is 927. The molecule has 0 atom stereocenters. The van der Waals surface area contributed by atoms with Gasteiger partial charge in [0.2, 0.25) is 0 Å². The van der Waals surface area contributed by atoms with Crippen molar-refractivity contribution in [3.8, 4) is 11.3 Å². The first-order chi connectivity index (χ1) is 13.6. The summed E-state index contributed by atoms with van der Waals surface area (Å²) in [7, 11) is 0. The third kappa shape index (κ3) is 4.32. The lowest BCUT2D eigenvalue weighted by Gasteiger charge is -2.29. The molecule has 0 bridgehead atoms. The molecule has 4 rings (SSSR count). The van der Waals surface area contributed by atoms with Crippen LogP contribution in [0.3, 0.4) is 0 Å². The zero-order valence-electron chi connectivity index (χ0n) is 16.6. The first-order valence-corrected chi connectivity index (χ1v) is 10.0. The fourth-order valence-corrected chi connectivity index (χ4v) is 4.06. The molecular formula is C23H28FN3O+2. The molecular weight excluding hydrogens is 353 g/mol. The van der Waals surface area contributed by atoms with Crippen molar-refractivity contribution < 1.29 is 18.7 Å². The molecule has 1 aromatic heterocycles. The molecule has 2 N–H and O–H groups in total. The second-order valence-corrected chi connectivity index (χ2v) is 7.93. The SMILES string of the molecule is Cc1cccc(C[NH+]2CC[NH+](Cc3noc(-c4ccc(F)cc4)c3C)CC2)c1. The van der Waals surface area contributed by atoms with E-state index in [1.54, 1.807) is 21.9 Å². The zero-order valence-corrected chi connectivity index (χ0v) is 16.6. The van der Waals surface area contributed by atoms with Crippen LogP contribution in [0.4, 0.5) is 4.39 Å². The molecule has 0 saturated carbocycles. The van der Waals surface area contributed by atoms with E-state index in [-0.39, 0.29) is 5.82 Å². The number of halogens is 1. The van der Waals surface area contributed by atoms with Gasteiger partial charge in [0.15, 0.2) is 5.76 Å². The number of aromatic nitrogens is 1. The Morgan fingerprint density at radius 2 is 1.61 bits per heavy atom. The van der Waals surface area contributed by atoms with Gasteiger partial charge in [-0.25, -0.2) is 4.39 Å². The fraction of sp³-hybridized carbons (Fsp3) is 0.348. The Kier molecular flexibility index (Phi) is 5.55. The summed E-state index contributed by atoms with van der Waals surface area (Å²) in [4.78, 5) is 3.20. The second-order valence-electron chi connectivity index (χ2n) is 7.93. The number of hydrogen-bond acceptors (Lipinski definition) is 2. The summed E-state index contributed by atoms with van der Waals surface area (Å²) in [6, 6.07) is 15.2. The quantitative estimate of drug-likeness (QED) is 0.704. The first kappa shape index (κ1) is 18.8. The van der Waals surface area contributed by atoms with E-state index in [4.69, 9.17) is 4.52 Å². The molecule has 0 spiro atoms. The molecule has 5 heteroatoms. The maximum absolute atomic E-state index is 13.2. The summed E-state index contributed by atoms with van der Waals surface area (Å²) in [5, 5.41) is 4.31. The largest absolute Gasteiger partial charge is 0.356 e. The molecule has 0 unspecified atom stereocenters. The minimum Gasteiger partial charge on any atom is -0.356 e. The second kappa shape index (κ2) is 8.25. The van der Waals surface area contributed by atoms with Crippen LogP contribution in [-0.4, -0.2) is 31.3 Å². The van der Waals surface area contributed by atoms with E-state index in [1.807, 2.05) is 6.92 Å². The van der Waals surface area contributed by atoms with Gasteiger partial charge in [0.05, 0.1) is 0 Å². The molecule has 0 radical (unpaired) electrons. The number of piperazine rings is 1. The highest BCUT2D eigenvalue weighted by atomic mass is 19.1. The highest BCUT2D eigenvalue weighted by Crippen LogP contribution is 2.25. The van der Waals surface area contributed by atoms with Crippen molar-refractivity contribution in [2.75, 3.05) is 26.2 Å². The molecule has 1 aliphatic heterocycles. The lowest BCUT2D eigenvalue weighted by atomic mass is 10.1. The minimum atomic E-state index is -0.239. The van der Waals surface area contributed by atoms with Gasteiger partial charge < -0.3 is 14.3 Å². The van der Waals surface area contributed by atoms with Crippen molar-refractivity contribution in [3.05, 3.63) is 76.7 Å². The maximum Gasteiger partial charge on any atom is 0.170 e. The van der Waals surface area contributed by atoms with Crippen molar-refractivity contribution in [1.29, 1.82) is 0 Å². The third-order valence-electron chi connectivity index (χ3n) is 5.75. The van der Waals surface area contributed by atoms with E-state index in [0.717, 1.165) is 48.8 Å². The van der Waals surface area contributed by atoms with Gasteiger partial charge in [-0.2, -0.15) is 0 Å². The third-order valence-corrected chi connectivity index (χ3v) is 5.75. The van der Waals surface area contributed by atoms with Gasteiger partial charge in [-0.1, -0.05) is 35.0 Å². The van der Waals surface area contributed by atoms with Gasteiger partial charge in [-0.05, 0) is 38.1 Å². The summed E-state index contributed by atoms with van der Waals surface area (Å²) in [6.07, 6.45) is 0. The van der Waals surface area contributed by atoms with E-state index >= 15 is 0 Å². The Labute approximate surface area is 165 Å². The van der Waals surface area contributed by atoms with Crippen LogP contribution in [-0.2, 0) is 13.1 Å². The standard InChI is InChI=1S/C23H26FN3O/c1-17-4-3-5-19(14-17)15-26-10-12-27(13-11-26)16-22-18(2)23(28-25-22)20-6-8-21(24)9-7-20/h3-9,14H,10-13,15-16H2,1-2H3/p+2. The number of nitrogens with one attached hydrogen (secondary N) is 2. The average Bonchev–Trinajstić information content (AvgIpc) is 3.04. The molecule has 1 aliphatic rings. The topological polar surface area (TPSA) is 34.9 Å². The van der Waals surface area contributed by atoms with Crippen LogP contribution in [0, 0.1) is 19.7 Å². The highest BCUT2D eigenvalue weighted by Gasteiger charge is 2.25. The van der Waals surface area contributed by atoms with Crippen LogP contribution in [0.25, 0.3) is 11.3 Å². The summed E-state index contributed by atoms with van der Waals surface area (Å²) in [5.41, 5.74) is 5.71. The predicted molar refractivity (Wildman–Crippen MR) is 107 cm³/mol. The van der Waals surface area contributed by atoms with Crippen molar-refractivity contribution >= 4 is 0 Å². The van der Waals surface area contributed by atoms with Crippen LogP contribution >= 0.6 is 0 Å². The molecule has 1 fully saturated rings. The van der Waals surface area contributed by atoms with Crippen molar-refractivity contribution in [3.63, 3.8) is 0 Å². The number of nitrogens with zero attached hydrogens (tertiary/aromatic N) is 1. The van der Waals surface area contributed by atoms with Gasteiger partial charge in [0.25, 0.3) is 0 Å². The molecule has 0 amide bonds. The highest BCUT2D eigenvalue weighted by molar-refractivity contribution is 5.61. The molecule has 3 aromatic rings. The molecule has 1 saturated heterocycles. The molecule has 4 nitrogen and oxygen atoms in total. The predicted octanol–water partition coefficient (Wildman–Crippen LogP) is 1.58. The smallest absolute Gasteiger partial charge is 0.170 e. The Hall–Kier alpha value is -2.50. The van der Waals surface area contributed by atoms with Crippen molar-refractivity contribution in [2.45, 2.75) is 26.9 Å². The lowest BCUT2D eigenvalue weighted by Crippen LogP contribution is -3.27. The van der Waals surface area contributed by atoms with E-state index in [0.29, 0.717) is 0 Å². The van der Waals surface area contributed by atoms with Crippen LogP contribution in [0.15, 0.2) is 53.1 Å². The number of aryl methyl sites for hydroxylation is 1. The van der Waals surface area contributed by atoms with Crippen LogP contribution in [0.5, 0.6) is 0 Å². The average molecular weight is 381 g/mol. The van der Waals surface area contributed by atoms with Crippen molar-refractivity contribution in [2.24, 2.45) is 0 Å². The van der Waals surface area contributed by atoms with E-state index < -0.39 is 0 Å². The summed E-state index contributed by atoms with van der Waals surface area (Å²) in [6.45, 7) is 10.8. The number of quaternary nitrogens is 2. The summed E-state index contributed by atoms with van der Waals surface area (Å²) < 4.78 is 18.7. The first-order valence-electron chi connectivity index (χ1n) is 10.0. The number of hydrogen-bond donors (Lipinski definition) is 2. The van der Waals surface area contributed by atoms with Crippen LogP contribution < -0.4 is 9.80 Å². The van der Waals surface area contributed by atoms with Gasteiger partial charge in [-0.15, -0.1) is 0 Å². The Balaban J connectivity index is 1.34. The van der Waals surface area contributed by atoms with Gasteiger partial charge >= 0.3 is 0 Å². The molecule has 2 heterocycles.